The number of nitrogen functional groups attached to an aromatic ring is 1. The summed E-state index contributed by atoms with van der Waals surface area (Å²) in [7, 11) is 0. The summed E-state index contributed by atoms with van der Waals surface area (Å²) in [5, 5.41) is 3.24. The zero-order valence-corrected chi connectivity index (χ0v) is 20.9. The molecule has 0 radical (unpaired) electrons. The van der Waals surface area contributed by atoms with Crippen LogP contribution in [0.3, 0.4) is 0 Å². The van der Waals surface area contributed by atoms with E-state index in [0.29, 0.717) is 0 Å². The fourth-order valence-electron chi connectivity index (χ4n) is 2.62. The largest absolute Gasteiger partial charge is 0.397 e. The quantitative estimate of drug-likeness (QED) is 0.336. The second-order valence-electron chi connectivity index (χ2n) is 6.05. The van der Waals surface area contributed by atoms with Gasteiger partial charge in [0.1, 0.15) is 12.1 Å². The number of aldehydes is 1. The molecule has 0 saturated heterocycles. The number of rotatable bonds is 5. The summed E-state index contributed by atoms with van der Waals surface area (Å²) in [6.45, 7) is 17.9. The van der Waals surface area contributed by atoms with Gasteiger partial charge >= 0.3 is 0 Å². The van der Waals surface area contributed by atoms with Crippen LogP contribution < -0.4 is 11.1 Å². The monoisotopic (exact) mass is 428 g/mol. The van der Waals surface area contributed by atoms with E-state index >= 15 is 0 Å². The van der Waals surface area contributed by atoms with Gasteiger partial charge in [-0.05, 0) is 51.0 Å². The van der Waals surface area contributed by atoms with Gasteiger partial charge in [0, 0.05) is 13.1 Å². The molecule has 3 aromatic rings. The molecule has 5 heteroatoms. The summed E-state index contributed by atoms with van der Waals surface area (Å²) in [5.74, 6) is 1.11. The first kappa shape index (κ1) is 30.4. The molecular weight excluding hydrogens is 384 g/mol. The van der Waals surface area contributed by atoms with E-state index in [4.69, 9.17) is 10.5 Å². The molecule has 0 fully saturated rings. The van der Waals surface area contributed by atoms with Crippen molar-refractivity contribution < 1.29 is 4.79 Å². The number of aromatic nitrogens is 2. The van der Waals surface area contributed by atoms with Crippen LogP contribution in [0, 0.1) is 6.92 Å². The summed E-state index contributed by atoms with van der Waals surface area (Å²) < 4.78 is 2.27. The van der Waals surface area contributed by atoms with Crippen molar-refractivity contribution in [2.45, 2.75) is 74.8 Å². The first-order chi connectivity index (χ1) is 15.1. The first-order valence-electron chi connectivity index (χ1n) is 11.5. The zero-order chi connectivity index (χ0) is 24.1. The maximum atomic E-state index is 8.81. The van der Waals surface area contributed by atoms with Crippen LogP contribution in [0.5, 0.6) is 0 Å². The van der Waals surface area contributed by atoms with Crippen LogP contribution in [0.25, 0.3) is 11.0 Å². The summed E-state index contributed by atoms with van der Waals surface area (Å²) >= 11 is 0. The number of hydrogen-bond acceptors (Lipinski definition) is 4. The lowest BCUT2D eigenvalue weighted by molar-refractivity contribution is -0.106. The Morgan fingerprint density at radius 1 is 0.968 bits per heavy atom. The molecule has 31 heavy (non-hydrogen) atoms. The number of nitrogens with one attached hydrogen (secondary N) is 1. The van der Waals surface area contributed by atoms with Crippen LogP contribution >= 0.6 is 0 Å². The molecule has 1 aromatic heterocycles. The molecule has 2 aromatic carbocycles. The second-order valence-corrected chi connectivity index (χ2v) is 6.05. The summed E-state index contributed by atoms with van der Waals surface area (Å²) in [4.78, 5) is 13.3. The van der Waals surface area contributed by atoms with Gasteiger partial charge in [-0.15, -0.1) is 0 Å². The number of fused-ring (bicyclic) bond motifs is 1. The van der Waals surface area contributed by atoms with Crippen molar-refractivity contribution in [3.63, 3.8) is 0 Å². The van der Waals surface area contributed by atoms with Crippen LogP contribution in [-0.2, 0) is 11.3 Å². The van der Waals surface area contributed by atoms with E-state index in [1.807, 2.05) is 58.0 Å². The maximum Gasteiger partial charge on any atom is 0.116 e. The van der Waals surface area contributed by atoms with Gasteiger partial charge in [-0.3, -0.25) is 0 Å². The Bertz CT molecular complexity index is 812. The van der Waals surface area contributed by atoms with Gasteiger partial charge in [0.05, 0.1) is 22.4 Å². The van der Waals surface area contributed by atoms with Crippen molar-refractivity contribution in [1.29, 1.82) is 0 Å². The number of imidazole rings is 1. The molecule has 0 bridgehead atoms. The maximum absolute atomic E-state index is 8.81. The van der Waals surface area contributed by atoms with Gasteiger partial charge < -0.3 is 20.4 Å². The van der Waals surface area contributed by atoms with E-state index in [1.165, 1.54) is 12.4 Å². The van der Waals surface area contributed by atoms with Crippen molar-refractivity contribution >= 4 is 28.7 Å². The topological polar surface area (TPSA) is 72.9 Å². The Morgan fingerprint density at radius 3 is 2.06 bits per heavy atom. The van der Waals surface area contributed by atoms with E-state index in [0.717, 1.165) is 54.9 Å². The molecule has 0 amide bonds. The van der Waals surface area contributed by atoms with E-state index in [-0.39, 0.29) is 0 Å². The third kappa shape index (κ3) is 11.8. The standard InChI is InChI=1S/C11H14N2.C9H14N2.C2H4O.2C2H6/c1-3-8-13-9(2)12-10-6-4-5-7-11(10)13;1-2-7-11-9-6-4-3-5-8(9)10;1-2-3;2*1-2/h4-7H,3,8H2,1-2H3;3-6,11H,2,7,10H2,1H3;2H,1H3;2*1-2H3. The third-order valence-corrected chi connectivity index (χ3v) is 3.82. The molecule has 3 N–H and O–H groups in total. The van der Waals surface area contributed by atoms with Crippen LogP contribution in [0.4, 0.5) is 11.4 Å². The van der Waals surface area contributed by atoms with Crippen LogP contribution in [0.2, 0.25) is 0 Å². The average Bonchev–Trinajstić information content (AvgIpc) is 3.12. The zero-order valence-electron chi connectivity index (χ0n) is 20.9. The average molecular weight is 429 g/mol. The van der Waals surface area contributed by atoms with Crippen LogP contribution in [-0.4, -0.2) is 22.4 Å². The van der Waals surface area contributed by atoms with Crippen LogP contribution in [0.15, 0.2) is 48.5 Å². The highest BCUT2D eigenvalue weighted by atomic mass is 16.1. The number of aryl methyl sites for hydroxylation is 2. The molecule has 3 rings (SSSR count). The Labute approximate surface area is 190 Å². The number of nitrogens with zero attached hydrogens (tertiary/aromatic N) is 2. The minimum Gasteiger partial charge on any atom is -0.397 e. The molecule has 0 saturated carbocycles. The third-order valence-electron chi connectivity index (χ3n) is 3.82. The van der Waals surface area contributed by atoms with Crippen molar-refractivity contribution in [3.05, 3.63) is 54.4 Å². The smallest absolute Gasteiger partial charge is 0.116 e. The minimum absolute atomic E-state index is 0.750. The SMILES string of the molecule is CC.CC.CC=O.CCCNc1ccccc1N.CCCn1c(C)nc2ccccc21. The van der Waals surface area contributed by atoms with E-state index in [2.05, 4.69) is 53.8 Å². The number of anilines is 2. The number of hydrogen-bond donors (Lipinski definition) is 2. The Balaban J connectivity index is 0. The van der Waals surface area contributed by atoms with Gasteiger partial charge in [-0.25, -0.2) is 4.98 Å². The Morgan fingerprint density at radius 2 is 1.52 bits per heavy atom. The van der Waals surface area contributed by atoms with Gasteiger partial charge in [-0.1, -0.05) is 65.8 Å². The molecule has 0 aliphatic carbocycles. The minimum atomic E-state index is 0.750. The highest BCUT2D eigenvalue weighted by molar-refractivity contribution is 5.75. The number of carbonyl (C=O) groups excluding carboxylic acids is 1. The van der Waals surface area contributed by atoms with Gasteiger partial charge in [-0.2, -0.15) is 0 Å². The highest BCUT2D eigenvalue weighted by Gasteiger charge is 2.04. The normalized spacial score (nSPS) is 8.77. The summed E-state index contributed by atoms with van der Waals surface area (Å²) in [5.41, 5.74) is 9.91. The summed E-state index contributed by atoms with van der Waals surface area (Å²) in [6.07, 6.45) is 3.02. The molecule has 5 nitrogen and oxygen atoms in total. The van der Waals surface area contributed by atoms with Crippen molar-refractivity contribution in [1.82, 2.24) is 9.55 Å². The molecule has 0 atom stereocenters. The molecule has 0 aliphatic rings. The van der Waals surface area contributed by atoms with E-state index < -0.39 is 0 Å². The van der Waals surface area contributed by atoms with Crippen molar-refractivity contribution in [3.8, 4) is 0 Å². The van der Waals surface area contributed by atoms with Crippen molar-refractivity contribution in [2.75, 3.05) is 17.6 Å². The predicted octanol–water partition coefficient (Wildman–Crippen LogP) is 7.10. The summed E-state index contributed by atoms with van der Waals surface area (Å²) in [6, 6.07) is 16.1. The van der Waals surface area contributed by atoms with Gasteiger partial charge in [0.2, 0.25) is 0 Å². The van der Waals surface area contributed by atoms with Gasteiger partial charge in [0.25, 0.3) is 0 Å². The number of benzene rings is 2. The number of para-hydroxylation sites is 4. The van der Waals surface area contributed by atoms with E-state index in [9.17, 15) is 0 Å². The van der Waals surface area contributed by atoms with Crippen molar-refractivity contribution in [2.24, 2.45) is 0 Å². The first-order valence-corrected chi connectivity index (χ1v) is 11.5. The lowest BCUT2D eigenvalue weighted by Gasteiger charge is -2.06. The lowest BCUT2D eigenvalue weighted by Crippen LogP contribution is -2.02. The molecule has 0 aliphatic heterocycles. The fraction of sp³-hybridized carbons (Fsp3) is 0.462. The van der Waals surface area contributed by atoms with Gasteiger partial charge in [0.15, 0.2) is 0 Å². The molecular formula is C26H44N4O. The predicted molar refractivity (Wildman–Crippen MR) is 139 cm³/mol. The number of nitrogens with two attached hydrogens (primary N) is 1. The molecule has 0 unspecified atom stereocenters. The fourth-order valence-corrected chi connectivity index (χ4v) is 2.62. The lowest BCUT2D eigenvalue weighted by atomic mass is 10.2. The second kappa shape index (κ2) is 20.5. The molecule has 174 valence electrons. The van der Waals surface area contributed by atoms with Crippen LogP contribution in [0.1, 0.15) is 67.1 Å². The number of carbonyl (C=O) groups is 1. The highest BCUT2D eigenvalue weighted by Crippen LogP contribution is 2.16. The Hall–Kier alpha value is -2.82. The molecule has 0 spiro atoms. The van der Waals surface area contributed by atoms with E-state index in [1.54, 1.807) is 0 Å². The molecule has 1 heterocycles. The Kier molecular flexibility index (Phi) is 20.0.